The Balaban J connectivity index is 2.29. The topological polar surface area (TPSA) is 32.3 Å². The van der Waals surface area contributed by atoms with Gasteiger partial charge in [-0.25, -0.2) is 0 Å². The third-order valence-electron chi connectivity index (χ3n) is 2.61. The van der Waals surface area contributed by atoms with Crippen LogP contribution in [0.1, 0.15) is 25.8 Å². The predicted octanol–water partition coefficient (Wildman–Crippen LogP) is 2.70. The van der Waals surface area contributed by atoms with Crippen LogP contribution in [0.4, 0.5) is 0 Å². The monoisotopic (exact) mass is 233 g/mol. The van der Waals surface area contributed by atoms with Gasteiger partial charge in [-0.1, -0.05) is 56.3 Å². The van der Waals surface area contributed by atoms with Gasteiger partial charge in [-0.3, -0.25) is 0 Å². The van der Waals surface area contributed by atoms with E-state index in [0.717, 1.165) is 13.0 Å². The Morgan fingerprint density at radius 3 is 2.53 bits per heavy atom. The van der Waals surface area contributed by atoms with E-state index in [4.69, 9.17) is 0 Å². The van der Waals surface area contributed by atoms with Crippen LogP contribution < -0.4 is 5.32 Å². The summed E-state index contributed by atoms with van der Waals surface area (Å²) < 4.78 is 0. The molecule has 1 atom stereocenters. The second-order valence-electron chi connectivity index (χ2n) is 4.73. The summed E-state index contributed by atoms with van der Waals surface area (Å²) in [5.41, 5.74) is 1.21. The molecule has 2 nitrogen and oxygen atoms in total. The van der Waals surface area contributed by atoms with Crippen molar-refractivity contribution in [2.75, 3.05) is 13.2 Å². The molecule has 0 saturated heterocycles. The molecule has 0 radical (unpaired) electrons. The Labute approximate surface area is 104 Å². The molecule has 0 aliphatic rings. The van der Waals surface area contributed by atoms with Crippen molar-refractivity contribution in [1.29, 1.82) is 0 Å². The molecule has 1 unspecified atom stereocenters. The van der Waals surface area contributed by atoms with Crippen LogP contribution in [-0.2, 0) is 0 Å². The first kappa shape index (κ1) is 13.9. The molecule has 94 valence electrons. The molecule has 17 heavy (non-hydrogen) atoms. The maximum atomic E-state index is 9.20. The summed E-state index contributed by atoms with van der Waals surface area (Å²) in [4.78, 5) is 0. The Morgan fingerprint density at radius 2 is 1.94 bits per heavy atom. The molecule has 1 aromatic carbocycles. The van der Waals surface area contributed by atoms with Gasteiger partial charge in [0.05, 0.1) is 6.61 Å². The molecule has 2 heteroatoms. The highest BCUT2D eigenvalue weighted by molar-refractivity contribution is 5.48. The molecule has 0 saturated carbocycles. The Hall–Kier alpha value is -1.12. The van der Waals surface area contributed by atoms with Crippen LogP contribution >= 0.6 is 0 Å². The number of aliphatic hydroxyl groups is 1. The van der Waals surface area contributed by atoms with Gasteiger partial charge in [-0.15, -0.1) is 0 Å². The van der Waals surface area contributed by atoms with Crippen molar-refractivity contribution in [2.45, 2.75) is 26.3 Å². The summed E-state index contributed by atoms with van der Waals surface area (Å²) in [6.45, 7) is 5.35. The standard InChI is InChI=1S/C15H23NO/c1-13(2)11-15(12-17)16-10-6-9-14-7-4-3-5-8-14/h3-9,13,15-17H,10-12H2,1-2H3/b9-6+. The van der Waals surface area contributed by atoms with Crippen molar-refractivity contribution in [3.63, 3.8) is 0 Å². The number of rotatable bonds is 7. The second-order valence-corrected chi connectivity index (χ2v) is 4.73. The van der Waals surface area contributed by atoms with Gasteiger partial charge < -0.3 is 10.4 Å². The molecule has 1 aromatic rings. The maximum Gasteiger partial charge on any atom is 0.0584 e. The van der Waals surface area contributed by atoms with Crippen LogP contribution in [0, 0.1) is 5.92 Å². The van der Waals surface area contributed by atoms with Crippen molar-refractivity contribution in [1.82, 2.24) is 5.32 Å². The fourth-order valence-corrected chi connectivity index (χ4v) is 1.79. The molecular formula is C15H23NO. The van der Waals surface area contributed by atoms with E-state index < -0.39 is 0 Å². The van der Waals surface area contributed by atoms with E-state index in [1.165, 1.54) is 5.56 Å². The Bertz CT molecular complexity index is 319. The normalized spacial score (nSPS) is 13.4. The van der Waals surface area contributed by atoms with Crippen LogP contribution in [0.2, 0.25) is 0 Å². The van der Waals surface area contributed by atoms with Crippen molar-refractivity contribution in [2.24, 2.45) is 5.92 Å². The summed E-state index contributed by atoms with van der Waals surface area (Å²) in [5, 5.41) is 12.5. The highest BCUT2D eigenvalue weighted by Gasteiger charge is 2.07. The number of nitrogens with one attached hydrogen (secondary N) is 1. The minimum atomic E-state index is 0.204. The molecule has 0 aliphatic heterocycles. The van der Waals surface area contributed by atoms with Gasteiger partial charge in [0.25, 0.3) is 0 Å². The van der Waals surface area contributed by atoms with E-state index in [1.54, 1.807) is 0 Å². The van der Waals surface area contributed by atoms with Crippen LogP contribution in [0.5, 0.6) is 0 Å². The second kappa shape index (κ2) is 8.04. The molecule has 0 bridgehead atoms. The number of hydrogen-bond donors (Lipinski definition) is 2. The van der Waals surface area contributed by atoms with Gasteiger partial charge in [0, 0.05) is 12.6 Å². The summed E-state index contributed by atoms with van der Waals surface area (Å²) in [5.74, 6) is 0.609. The quantitative estimate of drug-likeness (QED) is 0.759. The van der Waals surface area contributed by atoms with Gasteiger partial charge in [-0.05, 0) is 17.9 Å². The summed E-state index contributed by atoms with van der Waals surface area (Å²) in [7, 11) is 0. The van der Waals surface area contributed by atoms with Crippen LogP contribution in [0.15, 0.2) is 36.4 Å². The lowest BCUT2D eigenvalue weighted by Crippen LogP contribution is -2.33. The predicted molar refractivity (Wildman–Crippen MR) is 73.8 cm³/mol. The minimum absolute atomic E-state index is 0.204. The molecule has 1 rings (SSSR count). The van der Waals surface area contributed by atoms with Crippen molar-refractivity contribution >= 4 is 6.08 Å². The van der Waals surface area contributed by atoms with Gasteiger partial charge in [-0.2, -0.15) is 0 Å². The molecule has 0 amide bonds. The zero-order valence-electron chi connectivity index (χ0n) is 10.8. The average Bonchev–Trinajstić information content (AvgIpc) is 2.34. The highest BCUT2D eigenvalue weighted by Crippen LogP contribution is 2.04. The number of benzene rings is 1. The molecule has 2 N–H and O–H groups in total. The SMILES string of the molecule is CC(C)CC(CO)NC/C=C/c1ccccc1. The van der Waals surface area contributed by atoms with Crippen LogP contribution in [-0.4, -0.2) is 24.3 Å². The molecule has 0 aliphatic carbocycles. The first-order valence-corrected chi connectivity index (χ1v) is 6.28. The van der Waals surface area contributed by atoms with Gasteiger partial charge >= 0.3 is 0 Å². The number of hydrogen-bond acceptors (Lipinski definition) is 2. The number of aliphatic hydroxyl groups excluding tert-OH is 1. The van der Waals surface area contributed by atoms with E-state index in [-0.39, 0.29) is 12.6 Å². The molecule has 0 spiro atoms. The highest BCUT2D eigenvalue weighted by atomic mass is 16.3. The van der Waals surface area contributed by atoms with Gasteiger partial charge in [0.1, 0.15) is 0 Å². The zero-order chi connectivity index (χ0) is 12.5. The van der Waals surface area contributed by atoms with Crippen LogP contribution in [0.25, 0.3) is 6.08 Å². The minimum Gasteiger partial charge on any atom is -0.395 e. The van der Waals surface area contributed by atoms with Crippen molar-refractivity contribution < 1.29 is 5.11 Å². The van der Waals surface area contributed by atoms with E-state index >= 15 is 0 Å². The summed E-state index contributed by atoms with van der Waals surface area (Å²) >= 11 is 0. The maximum absolute atomic E-state index is 9.20. The fraction of sp³-hybridized carbons (Fsp3) is 0.467. The van der Waals surface area contributed by atoms with E-state index in [1.807, 2.05) is 18.2 Å². The third kappa shape index (κ3) is 6.25. The van der Waals surface area contributed by atoms with Crippen LogP contribution in [0.3, 0.4) is 0 Å². The molecule has 0 heterocycles. The molecule has 0 fully saturated rings. The lowest BCUT2D eigenvalue weighted by Gasteiger charge is -2.16. The smallest absolute Gasteiger partial charge is 0.0584 e. The zero-order valence-corrected chi connectivity index (χ0v) is 10.8. The van der Waals surface area contributed by atoms with Crippen molar-refractivity contribution in [3.05, 3.63) is 42.0 Å². The molecular weight excluding hydrogens is 210 g/mol. The van der Waals surface area contributed by atoms with E-state index in [0.29, 0.717) is 5.92 Å². The summed E-state index contributed by atoms with van der Waals surface area (Å²) in [6.07, 6.45) is 5.20. The average molecular weight is 233 g/mol. The first-order chi connectivity index (χ1) is 8.22. The van der Waals surface area contributed by atoms with Gasteiger partial charge in [0.2, 0.25) is 0 Å². The lowest BCUT2D eigenvalue weighted by molar-refractivity contribution is 0.228. The third-order valence-corrected chi connectivity index (χ3v) is 2.61. The molecule has 0 aromatic heterocycles. The lowest BCUT2D eigenvalue weighted by atomic mass is 10.0. The van der Waals surface area contributed by atoms with Crippen molar-refractivity contribution in [3.8, 4) is 0 Å². The summed E-state index contributed by atoms with van der Waals surface area (Å²) in [6, 6.07) is 10.4. The van der Waals surface area contributed by atoms with Gasteiger partial charge in [0.15, 0.2) is 0 Å². The first-order valence-electron chi connectivity index (χ1n) is 6.28. The Morgan fingerprint density at radius 1 is 1.24 bits per heavy atom. The van der Waals surface area contributed by atoms with E-state index in [2.05, 4.69) is 43.4 Å². The largest absolute Gasteiger partial charge is 0.395 e. The van der Waals surface area contributed by atoms with E-state index in [9.17, 15) is 5.11 Å². The fourth-order valence-electron chi connectivity index (χ4n) is 1.79. The Kier molecular flexibility index (Phi) is 6.60.